The van der Waals surface area contributed by atoms with Crippen molar-refractivity contribution in [1.82, 2.24) is 24.9 Å². The van der Waals surface area contributed by atoms with Crippen molar-refractivity contribution in [2.24, 2.45) is 0 Å². The molecule has 0 bridgehead atoms. The highest BCUT2D eigenvalue weighted by molar-refractivity contribution is 6.07. The molecule has 4 heterocycles. The monoisotopic (exact) mass is 438 g/mol. The van der Waals surface area contributed by atoms with Crippen molar-refractivity contribution in [2.45, 2.75) is 19.3 Å². The van der Waals surface area contributed by atoms with Crippen molar-refractivity contribution in [3.63, 3.8) is 0 Å². The van der Waals surface area contributed by atoms with Gasteiger partial charge in [-0.05, 0) is 19.3 Å². The van der Waals surface area contributed by atoms with Gasteiger partial charge in [-0.25, -0.2) is 0 Å². The highest BCUT2D eigenvalue weighted by Crippen LogP contribution is 2.28. The lowest BCUT2D eigenvalue weighted by atomic mass is 10.1. The van der Waals surface area contributed by atoms with Gasteiger partial charge in [0.25, 0.3) is 5.91 Å². The van der Waals surface area contributed by atoms with Gasteiger partial charge < -0.3 is 14.5 Å². The number of aromatic nitrogens is 2. The number of hydrogen-bond donors (Lipinski definition) is 0. The molecule has 2 aromatic rings. The van der Waals surface area contributed by atoms with Crippen LogP contribution in [-0.2, 0) is 4.74 Å². The van der Waals surface area contributed by atoms with E-state index in [2.05, 4.69) is 31.0 Å². The second-order valence-electron chi connectivity index (χ2n) is 9.05. The summed E-state index contributed by atoms with van der Waals surface area (Å²) in [6.45, 7) is 11.2. The lowest BCUT2D eigenvalue weighted by Gasteiger charge is -2.36. The molecule has 1 amide bonds. The van der Waals surface area contributed by atoms with Crippen LogP contribution in [0.15, 0.2) is 24.3 Å². The average Bonchev–Trinajstić information content (AvgIpc) is 2.88. The summed E-state index contributed by atoms with van der Waals surface area (Å²) in [5, 5.41) is 11.0. The smallest absolute Gasteiger partial charge is 0.275 e. The maximum Gasteiger partial charge on any atom is 0.275 e. The molecule has 1 aromatic heterocycles. The van der Waals surface area contributed by atoms with Crippen LogP contribution in [0.25, 0.3) is 10.8 Å². The summed E-state index contributed by atoms with van der Waals surface area (Å²) in [6.07, 6.45) is 3.65. The minimum Gasteiger partial charge on any atom is -0.379 e. The molecule has 172 valence electrons. The van der Waals surface area contributed by atoms with E-state index in [1.807, 2.05) is 23.1 Å². The van der Waals surface area contributed by atoms with Gasteiger partial charge in [0, 0.05) is 76.2 Å². The van der Waals surface area contributed by atoms with Crippen LogP contribution in [-0.4, -0.2) is 109 Å². The number of nitrogens with zero attached hydrogens (tertiary/aromatic N) is 6. The Morgan fingerprint density at radius 1 is 0.781 bits per heavy atom. The Morgan fingerprint density at radius 3 is 2.16 bits per heavy atom. The van der Waals surface area contributed by atoms with Crippen LogP contribution in [0, 0.1) is 0 Å². The first-order chi connectivity index (χ1) is 15.8. The maximum absolute atomic E-state index is 13.4. The number of morpholine rings is 1. The van der Waals surface area contributed by atoms with Gasteiger partial charge in [0.2, 0.25) is 0 Å². The summed E-state index contributed by atoms with van der Waals surface area (Å²) in [7, 11) is 0. The van der Waals surface area contributed by atoms with Crippen molar-refractivity contribution in [2.75, 3.05) is 83.6 Å². The Labute approximate surface area is 190 Å². The molecule has 3 saturated heterocycles. The Balaban J connectivity index is 1.24. The maximum atomic E-state index is 13.4. The molecule has 3 fully saturated rings. The molecular formula is C24H34N6O2. The van der Waals surface area contributed by atoms with Crippen LogP contribution >= 0.6 is 0 Å². The van der Waals surface area contributed by atoms with E-state index in [0.29, 0.717) is 5.69 Å². The van der Waals surface area contributed by atoms with Gasteiger partial charge in [-0.1, -0.05) is 24.3 Å². The summed E-state index contributed by atoms with van der Waals surface area (Å²) in [6, 6.07) is 8.11. The third-order valence-corrected chi connectivity index (χ3v) is 7.02. The number of fused-ring (bicyclic) bond motifs is 1. The minimum atomic E-state index is 0.00623. The number of ether oxygens (including phenoxy) is 1. The predicted molar refractivity (Wildman–Crippen MR) is 125 cm³/mol. The van der Waals surface area contributed by atoms with Crippen molar-refractivity contribution < 1.29 is 9.53 Å². The van der Waals surface area contributed by atoms with Gasteiger partial charge in [-0.3, -0.25) is 14.6 Å². The molecule has 0 atom stereocenters. The second-order valence-corrected chi connectivity index (χ2v) is 9.05. The number of benzene rings is 1. The molecule has 0 saturated carbocycles. The van der Waals surface area contributed by atoms with Crippen molar-refractivity contribution in [3.8, 4) is 0 Å². The number of amides is 1. The number of piperidine rings is 1. The van der Waals surface area contributed by atoms with E-state index in [1.165, 1.54) is 19.3 Å². The fourth-order valence-corrected chi connectivity index (χ4v) is 5.02. The van der Waals surface area contributed by atoms with Crippen LogP contribution < -0.4 is 4.90 Å². The van der Waals surface area contributed by atoms with E-state index in [1.54, 1.807) is 0 Å². The number of anilines is 1. The largest absolute Gasteiger partial charge is 0.379 e. The normalized spacial score (nSPS) is 21.2. The Hall–Kier alpha value is -2.29. The third kappa shape index (κ3) is 4.72. The van der Waals surface area contributed by atoms with Gasteiger partial charge >= 0.3 is 0 Å². The van der Waals surface area contributed by atoms with Crippen molar-refractivity contribution >= 4 is 22.5 Å². The summed E-state index contributed by atoms with van der Waals surface area (Å²) in [4.78, 5) is 22.6. The summed E-state index contributed by atoms with van der Waals surface area (Å²) < 4.78 is 5.43. The number of hydrogen-bond acceptors (Lipinski definition) is 7. The number of carbonyl (C=O) groups is 1. The molecule has 0 unspecified atom stereocenters. The van der Waals surface area contributed by atoms with Crippen molar-refractivity contribution in [3.05, 3.63) is 30.0 Å². The van der Waals surface area contributed by atoms with E-state index < -0.39 is 0 Å². The average molecular weight is 439 g/mol. The number of piperazine rings is 1. The molecule has 3 aliphatic heterocycles. The van der Waals surface area contributed by atoms with Crippen LogP contribution in [0.1, 0.15) is 29.8 Å². The van der Waals surface area contributed by atoms with Crippen LogP contribution in [0.3, 0.4) is 0 Å². The molecule has 1 aromatic carbocycles. The Bertz CT molecular complexity index is 918. The molecule has 0 spiro atoms. The molecule has 5 rings (SSSR count). The molecule has 32 heavy (non-hydrogen) atoms. The molecule has 0 aliphatic carbocycles. The Kier molecular flexibility index (Phi) is 6.80. The Morgan fingerprint density at radius 2 is 1.44 bits per heavy atom. The topological polar surface area (TPSA) is 65.0 Å². The zero-order valence-electron chi connectivity index (χ0n) is 18.9. The van der Waals surface area contributed by atoms with E-state index >= 15 is 0 Å². The molecule has 3 aliphatic rings. The fraction of sp³-hybridized carbons (Fsp3) is 0.625. The van der Waals surface area contributed by atoms with Gasteiger partial charge in [0.1, 0.15) is 0 Å². The quantitative estimate of drug-likeness (QED) is 0.704. The van der Waals surface area contributed by atoms with E-state index in [9.17, 15) is 4.79 Å². The molecule has 8 nitrogen and oxygen atoms in total. The van der Waals surface area contributed by atoms with Gasteiger partial charge in [-0.2, -0.15) is 0 Å². The van der Waals surface area contributed by atoms with E-state index in [-0.39, 0.29) is 5.91 Å². The molecular weight excluding hydrogens is 404 g/mol. The number of rotatable bonds is 5. The van der Waals surface area contributed by atoms with Crippen LogP contribution in [0.4, 0.5) is 5.82 Å². The van der Waals surface area contributed by atoms with Crippen LogP contribution in [0.5, 0.6) is 0 Å². The molecule has 0 N–H and O–H groups in total. The van der Waals surface area contributed by atoms with E-state index in [4.69, 9.17) is 4.74 Å². The highest BCUT2D eigenvalue weighted by Gasteiger charge is 2.26. The first-order valence-corrected chi connectivity index (χ1v) is 12.1. The van der Waals surface area contributed by atoms with Gasteiger partial charge in [0.15, 0.2) is 11.5 Å². The van der Waals surface area contributed by atoms with E-state index in [0.717, 1.165) is 95.3 Å². The van der Waals surface area contributed by atoms with Crippen LogP contribution in [0.2, 0.25) is 0 Å². The van der Waals surface area contributed by atoms with Gasteiger partial charge in [0.05, 0.1) is 13.2 Å². The lowest BCUT2D eigenvalue weighted by Crippen LogP contribution is -2.51. The number of carbonyl (C=O) groups excluding carboxylic acids is 1. The zero-order valence-corrected chi connectivity index (χ0v) is 18.9. The fourth-order valence-electron chi connectivity index (χ4n) is 5.02. The standard InChI is InChI=1S/C24H34N6O2/c31-24(30-14-12-27(13-15-30)10-11-28-16-18-32-19-17-28)22-20-6-2-3-7-21(20)23(26-25-22)29-8-4-1-5-9-29/h2-3,6-7H,1,4-5,8-19H2. The summed E-state index contributed by atoms with van der Waals surface area (Å²) in [5.41, 5.74) is 0.489. The first-order valence-electron chi connectivity index (χ1n) is 12.1. The van der Waals surface area contributed by atoms with Crippen molar-refractivity contribution in [1.29, 1.82) is 0 Å². The predicted octanol–water partition coefficient (Wildman–Crippen LogP) is 1.71. The molecule has 8 heteroatoms. The minimum absolute atomic E-state index is 0.00623. The summed E-state index contributed by atoms with van der Waals surface area (Å²) in [5.74, 6) is 0.927. The lowest BCUT2D eigenvalue weighted by molar-refractivity contribution is 0.0293. The SMILES string of the molecule is O=C(c1nnc(N2CCCCC2)c2ccccc12)N1CCN(CCN2CCOCC2)CC1. The molecule has 0 radical (unpaired) electrons. The second kappa shape index (κ2) is 10.1. The summed E-state index contributed by atoms with van der Waals surface area (Å²) >= 11 is 0. The highest BCUT2D eigenvalue weighted by atomic mass is 16.5. The zero-order chi connectivity index (χ0) is 21.8. The van der Waals surface area contributed by atoms with Gasteiger partial charge in [-0.15, -0.1) is 10.2 Å². The first kappa shape index (κ1) is 21.6. The third-order valence-electron chi connectivity index (χ3n) is 7.02.